The zero-order valence-electron chi connectivity index (χ0n) is 16.3. The van der Waals surface area contributed by atoms with Gasteiger partial charge in [0.1, 0.15) is 5.75 Å². The van der Waals surface area contributed by atoms with Gasteiger partial charge in [-0.15, -0.1) is 0 Å². The summed E-state index contributed by atoms with van der Waals surface area (Å²) in [5.74, 6) is 2.41. The molecule has 27 heavy (non-hydrogen) atoms. The average Bonchev–Trinajstić information content (AvgIpc) is 2.82. The van der Waals surface area contributed by atoms with Crippen LogP contribution < -0.4 is 24.3 Å². The van der Waals surface area contributed by atoms with Crippen LogP contribution in [-0.4, -0.2) is 34.3 Å². The Bertz CT molecular complexity index is 862. The minimum absolute atomic E-state index is 0.0803. The molecule has 1 unspecified atom stereocenters. The maximum absolute atomic E-state index is 11.8. The summed E-state index contributed by atoms with van der Waals surface area (Å²) in [6, 6.07) is 7.75. The summed E-state index contributed by atoms with van der Waals surface area (Å²) in [4.78, 5) is 11.8. The molecule has 6 nitrogen and oxygen atoms in total. The molecule has 0 saturated heterocycles. The van der Waals surface area contributed by atoms with Crippen molar-refractivity contribution in [3.8, 4) is 34.1 Å². The minimum Gasteiger partial charge on any atom is -0.497 e. The van der Waals surface area contributed by atoms with Crippen LogP contribution in [0, 0.1) is 0 Å². The van der Waals surface area contributed by atoms with Crippen LogP contribution in [0.2, 0.25) is 0 Å². The van der Waals surface area contributed by atoms with Crippen molar-refractivity contribution < 1.29 is 23.7 Å². The number of hydrogen-bond acceptors (Lipinski definition) is 5. The fraction of sp³-hybridized carbons (Fsp3) is 0.381. The second-order valence-corrected chi connectivity index (χ2v) is 6.42. The molecule has 0 spiro atoms. The lowest BCUT2D eigenvalue weighted by Gasteiger charge is -2.23. The predicted octanol–water partition coefficient (Wildman–Crippen LogP) is 3.51. The largest absolute Gasteiger partial charge is 0.497 e. The van der Waals surface area contributed by atoms with Gasteiger partial charge in [0.05, 0.1) is 34.5 Å². The molecule has 1 aliphatic rings. The molecule has 0 aromatic heterocycles. The fourth-order valence-electron chi connectivity index (χ4n) is 3.73. The molecule has 2 aromatic carbocycles. The van der Waals surface area contributed by atoms with Crippen molar-refractivity contribution in [1.82, 2.24) is 5.32 Å². The maximum atomic E-state index is 11.8. The van der Waals surface area contributed by atoms with Gasteiger partial charge in [0.25, 0.3) is 0 Å². The van der Waals surface area contributed by atoms with Gasteiger partial charge in [0, 0.05) is 12.5 Å². The molecular formula is C21H25NO5. The first-order valence-electron chi connectivity index (χ1n) is 8.81. The lowest BCUT2D eigenvalue weighted by Crippen LogP contribution is -2.26. The number of ether oxygens (including phenoxy) is 4. The number of amides is 1. The maximum Gasteiger partial charge on any atom is 0.217 e. The van der Waals surface area contributed by atoms with E-state index in [2.05, 4.69) is 5.32 Å². The van der Waals surface area contributed by atoms with E-state index in [1.165, 1.54) is 6.92 Å². The molecule has 0 fully saturated rings. The van der Waals surface area contributed by atoms with Crippen molar-refractivity contribution in [3.05, 3.63) is 35.4 Å². The number of benzene rings is 2. The predicted molar refractivity (Wildman–Crippen MR) is 103 cm³/mol. The van der Waals surface area contributed by atoms with Crippen LogP contribution >= 0.6 is 0 Å². The van der Waals surface area contributed by atoms with E-state index in [0.717, 1.165) is 40.8 Å². The van der Waals surface area contributed by atoms with E-state index in [4.69, 9.17) is 18.9 Å². The molecule has 144 valence electrons. The van der Waals surface area contributed by atoms with Crippen LogP contribution in [0.25, 0.3) is 11.1 Å². The molecule has 0 radical (unpaired) electrons. The highest BCUT2D eigenvalue weighted by Gasteiger charge is 2.30. The van der Waals surface area contributed by atoms with Crippen molar-refractivity contribution in [2.24, 2.45) is 0 Å². The monoisotopic (exact) mass is 371 g/mol. The SMILES string of the molecule is COc1ccc2c(c1)CCC(NC(C)=O)c1cc(OC)c(OC)c(OC)c1-2. The summed E-state index contributed by atoms with van der Waals surface area (Å²) in [5.41, 5.74) is 4.03. The number of carbonyl (C=O) groups excluding carboxylic acids is 1. The van der Waals surface area contributed by atoms with Crippen molar-refractivity contribution in [2.75, 3.05) is 28.4 Å². The molecule has 1 amide bonds. The van der Waals surface area contributed by atoms with E-state index in [-0.39, 0.29) is 11.9 Å². The van der Waals surface area contributed by atoms with Crippen LogP contribution in [0.4, 0.5) is 0 Å². The standard InChI is InChI=1S/C21H25NO5/c1-12(23)22-17-9-6-13-10-14(24-2)7-8-15(13)19-16(17)11-18(25-3)20(26-4)21(19)27-5/h7-8,10-11,17H,6,9H2,1-5H3,(H,22,23). The molecule has 0 heterocycles. The zero-order valence-corrected chi connectivity index (χ0v) is 16.3. The number of fused-ring (bicyclic) bond motifs is 3. The van der Waals surface area contributed by atoms with Gasteiger partial charge in [-0.25, -0.2) is 0 Å². The number of aryl methyl sites for hydroxylation is 1. The third-order valence-corrected chi connectivity index (χ3v) is 4.90. The topological polar surface area (TPSA) is 66.0 Å². The van der Waals surface area contributed by atoms with E-state index in [1.54, 1.807) is 28.4 Å². The first kappa shape index (κ1) is 18.9. The van der Waals surface area contributed by atoms with Crippen molar-refractivity contribution in [1.29, 1.82) is 0 Å². The zero-order chi connectivity index (χ0) is 19.6. The average molecular weight is 371 g/mol. The highest BCUT2D eigenvalue weighted by Crippen LogP contribution is 2.51. The second-order valence-electron chi connectivity index (χ2n) is 6.42. The Hall–Kier alpha value is -2.89. The van der Waals surface area contributed by atoms with Gasteiger partial charge in [-0.2, -0.15) is 0 Å². The Morgan fingerprint density at radius 2 is 1.74 bits per heavy atom. The van der Waals surface area contributed by atoms with Gasteiger partial charge in [0.2, 0.25) is 11.7 Å². The van der Waals surface area contributed by atoms with Crippen molar-refractivity contribution in [2.45, 2.75) is 25.8 Å². The molecule has 0 bridgehead atoms. The first-order valence-corrected chi connectivity index (χ1v) is 8.81. The van der Waals surface area contributed by atoms with Crippen LogP contribution in [-0.2, 0) is 11.2 Å². The molecular weight excluding hydrogens is 346 g/mol. The highest BCUT2D eigenvalue weighted by atomic mass is 16.5. The Morgan fingerprint density at radius 1 is 1.00 bits per heavy atom. The summed E-state index contributed by atoms with van der Waals surface area (Å²) < 4.78 is 22.2. The Morgan fingerprint density at radius 3 is 2.33 bits per heavy atom. The molecule has 1 N–H and O–H groups in total. The van der Waals surface area contributed by atoms with Gasteiger partial charge in [-0.3, -0.25) is 4.79 Å². The summed E-state index contributed by atoms with van der Waals surface area (Å²) in [6.45, 7) is 1.53. The molecule has 2 aromatic rings. The summed E-state index contributed by atoms with van der Waals surface area (Å²) in [5, 5.41) is 3.06. The lowest BCUT2D eigenvalue weighted by atomic mass is 9.93. The quantitative estimate of drug-likeness (QED) is 0.871. The third kappa shape index (κ3) is 3.39. The molecule has 1 aliphatic carbocycles. The molecule has 0 saturated carbocycles. The van der Waals surface area contributed by atoms with Gasteiger partial charge in [0.15, 0.2) is 11.5 Å². The Kier molecular flexibility index (Phi) is 5.44. The van der Waals surface area contributed by atoms with E-state index in [1.807, 2.05) is 24.3 Å². The van der Waals surface area contributed by atoms with Crippen LogP contribution in [0.15, 0.2) is 24.3 Å². The molecule has 6 heteroatoms. The Balaban J connectivity index is 2.34. The van der Waals surface area contributed by atoms with Gasteiger partial charge in [-0.1, -0.05) is 6.07 Å². The van der Waals surface area contributed by atoms with E-state index >= 15 is 0 Å². The lowest BCUT2D eigenvalue weighted by molar-refractivity contribution is -0.119. The van der Waals surface area contributed by atoms with Crippen LogP contribution in [0.1, 0.15) is 30.5 Å². The van der Waals surface area contributed by atoms with Crippen LogP contribution in [0.3, 0.4) is 0 Å². The van der Waals surface area contributed by atoms with E-state index < -0.39 is 0 Å². The van der Waals surface area contributed by atoms with Gasteiger partial charge in [-0.05, 0) is 47.7 Å². The number of rotatable bonds is 5. The fourth-order valence-corrected chi connectivity index (χ4v) is 3.73. The number of nitrogens with one attached hydrogen (secondary N) is 1. The third-order valence-electron chi connectivity index (χ3n) is 4.90. The highest BCUT2D eigenvalue weighted by molar-refractivity contribution is 5.84. The second kappa shape index (κ2) is 7.78. The van der Waals surface area contributed by atoms with Crippen molar-refractivity contribution >= 4 is 5.91 Å². The van der Waals surface area contributed by atoms with Crippen molar-refractivity contribution in [3.63, 3.8) is 0 Å². The van der Waals surface area contributed by atoms with E-state index in [0.29, 0.717) is 17.2 Å². The number of carbonyl (C=O) groups is 1. The van der Waals surface area contributed by atoms with Gasteiger partial charge < -0.3 is 24.3 Å². The smallest absolute Gasteiger partial charge is 0.217 e. The summed E-state index contributed by atoms with van der Waals surface area (Å²) in [6.07, 6.45) is 1.55. The summed E-state index contributed by atoms with van der Waals surface area (Å²) in [7, 11) is 6.44. The Labute approximate surface area is 159 Å². The van der Waals surface area contributed by atoms with E-state index in [9.17, 15) is 4.79 Å². The van der Waals surface area contributed by atoms with Gasteiger partial charge >= 0.3 is 0 Å². The first-order chi connectivity index (χ1) is 13.0. The number of hydrogen-bond donors (Lipinski definition) is 1. The van der Waals surface area contributed by atoms with Crippen LogP contribution in [0.5, 0.6) is 23.0 Å². The molecule has 0 aliphatic heterocycles. The minimum atomic E-state index is -0.162. The summed E-state index contributed by atoms with van der Waals surface area (Å²) >= 11 is 0. The number of methoxy groups -OCH3 is 4. The molecule has 3 rings (SSSR count). The normalized spacial score (nSPS) is 15.1. The molecule has 1 atom stereocenters.